The second-order valence-corrected chi connectivity index (χ2v) is 5.06. The molecule has 0 radical (unpaired) electrons. The molecule has 106 valence electrons. The van der Waals surface area contributed by atoms with Gasteiger partial charge in [0.15, 0.2) is 0 Å². The number of aromatic nitrogens is 1. The highest BCUT2D eigenvalue weighted by Gasteiger charge is 2.13. The van der Waals surface area contributed by atoms with Crippen molar-refractivity contribution in [3.8, 4) is 0 Å². The molecule has 2 aromatic rings. The molecule has 0 aliphatic rings. The SMILES string of the molecule is CCCCC(C)Nc1ncc(C(=O)O)c2ccccc12. The molecule has 0 aliphatic heterocycles. The summed E-state index contributed by atoms with van der Waals surface area (Å²) in [6.45, 7) is 4.29. The normalized spacial score (nSPS) is 12.3. The molecule has 4 heteroatoms. The second kappa shape index (κ2) is 6.37. The molecule has 0 saturated carbocycles. The standard InChI is InChI=1S/C16H20N2O2/c1-3-4-7-11(2)18-15-13-9-6-5-8-12(13)14(10-17-15)16(19)20/h5-6,8-11H,3-4,7H2,1-2H3,(H,17,18)(H,19,20). The summed E-state index contributed by atoms with van der Waals surface area (Å²) in [5.74, 6) is -0.187. The lowest BCUT2D eigenvalue weighted by Crippen LogP contribution is -2.16. The first-order valence-electron chi connectivity index (χ1n) is 7.01. The van der Waals surface area contributed by atoms with Crippen molar-refractivity contribution in [3.63, 3.8) is 0 Å². The van der Waals surface area contributed by atoms with Gasteiger partial charge in [-0.3, -0.25) is 0 Å². The molecule has 0 saturated heterocycles. The van der Waals surface area contributed by atoms with Crippen LogP contribution in [0.4, 0.5) is 5.82 Å². The Morgan fingerprint density at radius 2 is 2.05 bits per heavy atom. The van der Waals surface area contributed by atoms with Gasteiger partial charge in [0.2, 0.25) is 0 Å². The van der Waals surface area contributed by atoms with Gasteiger partial charge in [-0.1, -0.05) is 44.0 Å². The highest BCUT2D eigenvalue weighted by molar-refractivity contribution is 6.06. The van der Waals surface area contributed by atoms with Crippen molar-refractivity contribution in [1.29, 1.82) is 0 Å². The number of unbranched alkanes of at least 4 members (excludes halogenated alkanes) is 1. The Balaban J connectivity index is 2.35. The Bertz CT molecular complexity index is 610. The van der Waals surface area contributed by atoms with Crippen molar-refractivity contribution >= 4 is 22.6 Å². The number of pyridine rings is 1. The van der Waals surface area contributed by atoms with E-state index in [2.05, 4.69) is 24.1 Å². The number of benzene rings is 1. The van der Waals surface area contributed by atoms with E-state index >= 15 is 0 Å². The number of carbonyl (C=O) groups is 1. The van der Waals surface area contributed by atoms with Crippen LogP contribution in [0, 0.1) is 0 Å². The highest BCUT2D eigenvalue weighted by atomic mass is 16.4. The molecule has 1 heterocycles. The molecular weight excluding hydrogens is 252 g/mol. The Morgan fingerprint density at radius 1 is 1.35 bits per heavy atom. The molecule has 1 atom stereocenters. The number of nitrogens with one attached hydrogen (secondary N) is 1. The van der Waals surface area contributed by atoms with Crippen LogP contribution in [0.15, 0.2) is 30.5 Å². The minimum absolute atomic E-state index is 0.243. The molecular formula is C16H20N2O2. The number of fused-ring (bicyclic) bond motifs is 1. The fourth-order valence-electron chi connectivity index (χ4n) is 2.29. The average molecular weight is 272 g/mol. The molecule has 20 heavy (non-hydrogen) atoms. The zero-order valence-electron chi connectivity index (χ0n) is 11.9. The number of rotatable bonds is 6. The predicted molar refractivity (Wildman–Crippen MR) is 81.3 cm³/mol. The maximum absolute atomic E-state index is 11.2. The van der Waals surface area contributed by atoms with E-state index in [-0.39, 0.29) is 5.56 Å². The molecule has 0 bridgehead atoms. The van der Waals surface area contributed by atoms with Gasteiger partial charge in [-0.2, -0.15) is 0 Å². The van der Waals surface area contributed by atoms with Crippen molar-refractivity contribution in [2.45, 2.75) is 39.2 Å². The summed E-state index contributed by atoms with van der Waals surface area (Å²) in [5.41, 5.74) is 0.243. The topological polar surface area (TPSA) is 62.2 Å². The Labute approximate surface area is 118 Å². The van der Waals surface area contributed by atoms with Crippen molar-refractivity contribution in [3.05, 3.63) is 36.0 Å². The van der Waals surface area contributed by atoms with Crippen LogP contribution in [0.2, 0.25) is 0 Å². The summed E-state index contributed by atoms with van der Waals surface area (Å²) >= 11 is 0. The molecule has 1 aromatic heterocycles. The monoisotopic (exact) mass is 272 g/mol. The van der Waals surface area contributed by atoms with E-state index in [1.165, 1.54) is 12.6 Å². The minimum atomic E-state index is -0.945. The van der Waals surface area contributed by atoms with E-state index in [1.807, 2.05) is 24.3 Å². The van der Waals surface area contributed by atoms with Crippen LogP contribution >= 0.6 is 0 Å². The fourth-order valence-corrected chi connectivity index (χ4v) is 2.29. The van der Waals surface area contributed by atoms with Gasteiger partial charge >= 0.3 is 5.97 Å². The van der Waals surface area contributed by atoms with E-state index < -0.39 is 5.97 Å². The first-order valence-corrected chi connectivity index (χ1v) is 7.01. The number of carboxylic acids is 1. The minimum Gasteiger partial charge on any atom is -0.478 e. The van der Waals surface area contributed by atoms with Gasteiger partial charge in [0, 0.05) is 23.0 Å². The maximum Gasteiger partial charge on any atom is 0.337 e. The smallest absolute Gasteiger partial charge is 0.337 e. The van der Waals surface area contributed by atoms with Gasteiger partial charge in [-0.25, -0.2) is 9.78 Å². The predicted octanol–water partition coefficient (Wildman–Crippen LogP) is 3.92. The first kappa shape index (κ1) is 14.3. The zero-order chi connectivity index (χ0) is 14.5. The van der Waals surface area contributed by atoms with E-state index in [9.17, 15) is 9.90 Å². The number of anilines is 1. The van der Waals surface area contributed by atoms with Gasteiger partial charge in [-0.05, 0) is 13.3 Å². The third-order valence-corrected chi connectivity index (χ3v) is 3.40. The third-order valence-electron chi connectivity index (χ3n) is 3.40. The third kappa shape index (κ3) is 3.07. The van der Waals surface area contributed by atoms with Crippen molar-refractivity contribution < 1.29 is 9.90 Å². The van der Waals surface area contributed by atoms with Crippen LogP contribution in [-0.2, 0) is 0 Å². The molecule has 1 aromatic carbocycles. The van der Waals surface area contributed by atoms with Gasteiger partial charge in [-0.15, -0.1) is 0 Å². The van der Waals surface area contributed by atoms with Crippen molar-refractivity contribution in [2.75, 3.05) is 5.32 Å². The summed E-state index contributed by atoms with van der Waals surface area (Å²) in [5, 5.41) is 14.2. The summed E-state index contributed by atoms with van der Waals surface area (Å²) in [4.78, 5) is 15.5. The van der Waals surface area contributed by atoms with Crippen LogP contribution in [0.3, 0.4) is 0 Å². The molecule has 0 amide bonds. The van der Waals surface area contributed by atoms with Crippen LogP contribution in [0.25, 0.3) is 10.8 Å². The molecule has 2 N–H and O–H groups in total. The van der Waals surface area contributed by atoms with Gasteiger partial charge in [0.05, 0.1) is 5.56 Å². The van der Waals surface area contributed by atoms with E-state index in [0.717, 1.165) is 29.4 Å². The Kier molecular flexibility index (Phi) is 4.56. The quantitative estimate of drug-likeness (QED) is 0.836. The number of carboxylic acid groups (broad SMARTS) is 1. The van der Waals surface area contributed by atoms with E-state index in [1.54, 1.807) is 0 Å². The van der Waals surface area contributed by atoms with Crippen molar-refractivity contribution in [2.24, 2.45) is 0 Å². The molecule has 0 fully saturated rings. The summed E-state index contributed by atoms with van der Waals surface area (Å²) in [6.07, 6.45) is 4.84. The molecule has 1 unspecified atom stereocenters. The van der Waals surface area contributed by atoms with E-state index in [0.29, 0.717) is 6.04 Å². The van der Waals surface area contributed by atoms with Gasteiger partial charge in [0.1, 0.15) is 5.82 Å². The molecule has 0 spiro atoms. The summed E-state index contributed by atoms with van der Waals surface area (Å²) in [6, 6.07) is 7.80. The van der Waals surface area contributed by atoms with Crippen LogP contribution in [0.1, 0.15) is 43.5 Å². The fraction of sp³-hybridized carbons (Fsp3) is 0.375. The second-order valence-electron chi connectivity index (χ2n) is 5.06. The average Bonchev–Trinajstić information content (AvgIpc) is 2.45. The maximum atomic E-state index is 11.2. The summed E-state index contributed by atoms with van der Waals surface area (Å²) < 4.78 is 0. The van der Waals surface area contributed by atoms with Crippen LogP contribution in [0.5, 0.6) is 0 Å². The first-order chi connectivity index (χ1) is 9.63. The number of hydrogen-bond donors (Lipinski definition) is 2. The molecule has 2 rings (SSSR count). The number of hydrogen-bond acceptors (Lipinski definition) is 3. The number of aromatic carboxylic acids is 1. The van der Waals surface area contributed by atoms with Crippen LogP contribution in [-0.4, -0.2) is 22.1 Å². The summed E-state index contributed by atoms with van der Waals surface area (Å²) in [7, 11) is 0. The lowest BCUT2D eigenvalue weighted by Gasteiger charge is -2.16. The van der Waals surface area contributed by atoms with E-state index in [4.69, 9.17) is 0 Å². The largest absolute Gasteiger partial charge is 0.478 e. The molecule has 0 aliphatic carbocycles. The highest BCUT2D eigenvalue weighted by Crippen LogP contribution is 2.25. The lowest BCUT2D eigenvalue weighted by atomic mass is 10.1. The zero-order valence-corrected chi connectivity index (χ0v) is 11.9. The molecule has 4 nitrogen and oxygen atoms in total. The lowest BCUT2D eigenvalue weighted by molar-refractivity contribution is 0.0698. The Hall–Kier alpha value is -2.10. The van der Waals surface area contributed by atoms with Gasteiger partial charge < -0.3 is 10.4 Å². The number of nitrogens with zero attached hydrogens (tertiary/aromatic N) is 1. The Morgan fingerprint density at radius 3 is 2.70 bits per heavy atom. The van der Waals surface area contributed by atoms with Gasteiger partial charge in [0.25, 0.3) is 0 Å². The van der Waals surface area contributed by atoms with Crippen LogP contribution < -0.4 is 5.32 Å². The van der Waals surface area contributed by atoms with Crippen molar-refractivity contribution in [1.82, 2.24) is 4.98 Å².